The second-order valence-corrected chi connectivity index (χ2v) is 4.84. The lowest BCUT2D eigenvalue weighted by Gasteiger charge is -2.08. The van der Waals surface area contributed by atoms with Crippen molar-refractivity contribution in [3.8, 4) is 11.3 Å². The van der Waals surface area contributed by atoms with Crippen LogP contribution in [0.3, 0.4) is 0 Å². The van der Waals surface area contributed by atoms with E-state index in [4.69, 9.17) is 0 Å². The molecular formula is C13H10BrFN4. The molecule has 0 saturated heterocycles. The molecule has 3 aromatic rings. The van der Waals surface area contributed by atoms with E-state index in [0.717, 1.165) is 10.3 Å². The van der Waals surface area contributed by atoms with Crippen LogP contribution in [0, 0.1) is 5.82 Å². The average Bonchev–Trinajstić information content (AvgIpc) is 2.80. The highest BCUT2D eigenvalue weighted by molar-refractivity contribution is 9.10. The Morgan fingerprint density at radius 2 is 2.11 bits per heavy atom. The lowest BCUT2D eigenvalue weighted by molar-refractivity contribution is 0.630. The van der Waals surface area contributed by atoms with Crippen molar-refractivity contribution in [2.75, 3.05) is 12.4 Å². The summed E-state index contributed by atoms with van der Waals surface area (Å²) in [6.45, 7) is 0. The van der Waals surface area contributed by atoms with Crippen LogP contribution in [0.1, 0.15) is 0 Å². The van der Waals surface area contributed by atoms with Crippen molar-refractivity contribution in [3.05, 3.63) is 46.8 Å². The van der Waals surface area contributed by atoms with Crippen molar-refractivity contribution in [2.45, 2.75) is 0 Å². The zero-order valence-electron chi connectivity index (χ0n) is 10.1. The third-order valence-corrected chi connectivity index (χ3v) is 3.39. The van der Waals surface area contributed by atoms with E-state index in [1.54, 1.807) is 42.0 Å². The van der Waals surface area contributed by atoms with E-state index < -0.39 is 0 Å². The van der Waals surface area contributed by atoms with Crippen LogP contribution in [0.5, 0.6) is 0 Å². The summed E-state index contributed by atoms with van der Waals surface area (Å²) < 4.78 is 16.3. The van der Waals surface area contributed by atoms with E-state index in [2.05, 4.69) is 31.3 Å². The number of halogens is 2. The van der Waals surface area contributed by atoms with Crippen molar-refractivity contribution in [1.29, 1.82) is 0 Å². The largest absolute Gasteiger partial charge is 0.373 e. The number of rotatable bonds is 2. The van der Waals surface area contributed by atoms with Crippen LogP contribution < -0.4 is 5.32 Å². The zero-order chi connectivity index (χ0) is 13.4. The van der Waals surface area contributed by atoms with Gasteiger partial charge < -0.3 is 5.32 Å². The molecular weight excluding hydrogens is 311 g/mol. The van der Waals surface area contributed by atoms with Gasteiger partial charge in [-0.25, -0.2) is 9.37 Å². The summed E-state index contributed by atoms with van der Waals surface area (Å²) in [4.78, 5) is 4.45. The van der Waals surface area contributed by atoms with Crippen molar-refractivity contribution in [1.82, 2.24) is 14.6 Å². The van der Waals surface area contributed by atoms with E-state index in [9.17, 15) is 4.39 Å². The average molecular weight is 321 g/mol. The number of aromatic nitrogens is 3. The summed E-state index contributed by atoms with van der Waals surface area (Å²) in [6.07, 6.45) is 1.66. The maximum atomic E-state index is 13.8. The van der Waals surface area contributed by atoms with Crippen LogP contribution in [-0.4, -0.2) is 21.6 Å². The highest BCUT2D eigenvalue weighted by atomic mass is 79.9. The van der Waals surface area contributed by atoms with E-state index in [-0.39, 0.29) is 5.82 Å². The van der Waals surface area contributed by atoms with Crippen LogP contribution in [0.4, 0.5) is 10.2 Å². The summed E-state index contributed by atoms with van der Waals surface area (Å²) in [5.41, 5.74) is 1.68. The molecule has 4 nitrogen and oxygen atoms in total. The molecule has 0 radical (unpaired) electrons. The Hall–Kier alpha value is -1.95. The fourth-order valence-corrected chi connectivity index (χ4v) is 2.27. The molecule has 0 bridgehead atoms. The Balaban J connectivity index is 2.30. The lowest BCUT2D eigenvalue weighted by atomic mass is 10.1. The summed E-state index contributed by atoms with van der Waals surface area (Å²) in [7, 11) is 1.79. The lowest BCUT2D eigenvalue weighted by Crippen LogP contribution is -2.02. The minimum Gasteiger partial charge on any atom is -0.373 e. The minimum absolute atomic E-state index is 0.294. The standard InChI is InChI=1S/C13H10BrFN4/c1-16-12-6-11(8-4-2-3-5-10(8)15)18-13-9(14)7-17-19(12)13/h2-7,16H,1H3. The van der Waals surface area contributed by atoms with Gasteiger partial charge in [0.05, 0.1) is 16.4 Å². The molecule has 19 heavy (non-hydrogen) atoms. The Bertz CT molecular complexity index is 753. The fourth-order valence-electron chi connectivity index (χ4n) is 1.92. The van der Waals surface area contributed by atoms with Gasteiger partial charge in [0.2, 0.25) is 0 Å². The van der Waals surface area contributed by atoms with E-state index in [0.29, 0.717) is 16.9 Å². The van der Waals surface area contributed by atoms with Gasteiger partial charge in [-0.05, 0) is 28.1 Å². The first kappa shape index (κ1) is 12.1. The number of hydrogen-bond acceptors (Lipinski definition) is 3. The number of fused-ring (bicyclic) bond motifs is 1. The first-order valence-electron chi connectivity index (χ1n) is 5.67. The maximum Gasteiger partial charge on any atom is 0.172 e. The van der Waals surface area contributed by atoms with Gasteiger partial charge in [-0.15, -0.1) is 0 Å². The summed E-state index contributed by atoms with van der Waals surface area (Å²) in [5, 5.41) is 7.23. The van der Waals surface area contributed by atoms with Crippen LogP contribution in [-0.2, 0) is 0 Å². The molecule has 0 aliphatic carbocycles. The van der Waals surface area contributed by atoms with Gasteiger partial charge in [0, 0.05) is 18.7 Å². The fraction of sp³-hybridized carbons (Fsp3) is 0.0769. The third-order valence-electron chi connectivity index (χ3n) is 2.83. The van der Waals surface area contributed by atoms with Crippen molar-refractivity contribution in [2.24, 2.45) is 0 Å². The van der Waals surface area contributed by atoms with Gasteiger partial charge in [0.15, 0.2) is 5.65 Å². The Labute approximate surface area is 117 Å². The number of benzene rings is 1. The quantitative estimate of drug-likeness (QED) is 0.787. The van der Waals surface area contributed by atoms with Gasteiger partial charge >= 0.3 is 0 Å². The number of anilines is 1. The molecule has 0 spiro atoms. The molecule has 0 aliphatic rings. The summed E-state index contributed by atoms with van der Waals surface area (Å²) >= 11 is 3.39. The molecule has 0 fully saturated rings. The molecule has 6 heteroatoms. The molecule has 96 valence electrons. The van der Waals surface area contributed by atoms with Gasteiger partial charge in [0.1, 0.15) is 11.6 Å². The minimum atomic E-state index is -0.294. The number of nitrogens with one attached hydrogen (secondary N) is 1. The molecule has 1 aromatic carbocycles. The highest BCUT2D eigenvalue weighted by Gasteiger charge is 2.12. The normalized spacial score (nSPS) is 10.9. The molecule has 0 atom stereocenters. The second-order valence-electron chi connectivity index (χ2n) is 3.98. The summed E-state index contributed by atoms with van der Waals surface area (Å²) in [6, 6.07) is 8.34. The molecule has 2 aromatic heterocycles. The predicted octanol–water partition coefficient (Wildman–Crippen LogP) is 3.34. The SMILES string of the molecule is CNc1cc(-c2ccccc2F)nc2c(Br)cnn12. The Morgan fingerprint density at radius 1 is 1.32 bits per heavy atom. The molecule has 2 heterocycles. The number of hydrogen-bond donors (Lipinski definition) is 1. The van der Waals surface area contributed by atoms with Gasteiger partial charge in [-0.3, -0.25) is 0 Å². The number of nitrogens with zero attached hydrogens (tertiary/aromatic N) is 3. The van der Waals surface area contributed by atoms with E-state index in [1.165, 1.54) is 6.07 Å². The van der Waals surface area contributed by atoms with E-state index in [1.807, 2.05) is 0 Å². The first-order valence-corrected chi connectivity index (χ1v) is 6.47. The Kier molecular flexibility index (Phi) is 2.94. The molecule has 0 saturated carbocycles. The van der Waals surface area contributed by atoms with Gasteiger partial charge in [-0.1, -0.05) is 12.1 Å². The van der Waals surface area contributed by atoms with Crippen molar-refractivity contribution < 1.29 is 4.39 Å². The van der Waals surface area contributed by atoms with Gasteiger partial charge in [0.25, 0.3) is 0 Å². The Morgan fingerprint density at radius 3 is 2.84 bits per heavy atom. The van der Waals surface area contributed by atoms with E-state index >= 15 is 0 Å². The molecule has 0 amide bonds. The first-order chi connectivity index (χ1) is 9.20. The topological polar surface area (TPSA) is 42.2 Å². The van der Waals surface area contributed by atoms with Crippen molar-refractivity contribution in [3.63, 3.8) is 0 Å². The molecule has 0 aliphatic heterocycles. The maximum absolute atomic E-state index is 13.8. The summed E-state index contributed by atoms with van der Waals surface area (Å²) in [5.74, 6) is 0.450. The predicted molar refractivity (Wildman–Crippen MR) is 75.6 cm³/mol. The van der Waals surface area contributed by atoms with Crippen LogP contribution in [0.25, 0.3) is 16.9 Å². The molecule has 0 unspecified atom stereocenters. The highest BCUT2D eigenvalue weighted by Crippen LogP contribution is 2.26. The van der Waals surface area contributed by atoms with Gasteiger partial charge in [-0.2, -0.15) is 9.61 Å². The second kappa shape index (κ2) is 4.62. The zero-order valence-corrected chi connectivity index (χ0v) is 11.6. The molecule has 1 N–H and O–H groups in total. The monoisotopic (exact) mass is 320 g/mol. The molecule has 3 rings (SSSR count). The van der Waals surface area contributed by atoms with Crippen molar-refractivity contribution >= 4 is 27.4 Å². The third kappa shape index (κ3) is 1.98. The van der Waals surface area contributed by atoms with Crippen LogP contribution in [0.2, 0.25) is 0 Å². The van der Waals surface area contributed by atoms with Crippen LogP contribution >= 0.6 is 15.9 Å². The van der Waals surface area contributed by atoms with Crippen LogP contribution in [0.15, 0.2) is 41.0 Å². The smallest absolute Gasteiger partial charge is 0.172 e.